The van der Waals surface area contributed by atoms with Gasteiger partial charge >= 0.3 is 5.97 Å². The molecule has 0 atom stereocenters. The molecule has 2 N–H and O–H groups in total. The van der Waals surface area contributed by atoms with Gasteiger partial charge in [0.2, 0.25) is 0 Å². The van der Waals surface area contributed by atoms with Crippen LogP contribution in [-0.2, 0) is 11.2 Å². The van der Waals surface area contributed by atoms with E-state index in [4.69, 9.17) is 5.11 Å². The van der Waals surface area contributed by atoms with Crippen molar-refractivity contribution in [1.29, 1.82) is 0 Å². The van der Waals surface area contributed by atoms with Crippen LogP contribution >= 0.6 is 22.7 Å². The molecule has 94 valence electrons. The largest absolute Gasteiger partial charge is 0.481 e. The highest BCUT2D eigenvalue weighted by Gasteiger charge is 2.13. The van der Waals surface area contributed by atoms with Crippen LogP contribution in [0.5, 0.6) is 0 Å². The van der Waals surface area contributed by atoms with E-state index in [2.05, 4.69) is 10.3 Å². The van der Waals surface area contributed by atoms with E-state index in [0.29, 0.717) is 15.7 Å². The minimum Gasteiger partial charge on any atom is -0.481 e. The zero-order valence-electron chi connectivity index (χ0n) is 9.47. The van der Waals surface area contributed by atoms with E-state index in [1.165, 1.54) is 22.7 Å². The molecular formula is C11H10N2O3S2. The van der Waals surface area contributed by atoms with Gasteiger partial charge in [-0.15, -0.1) is 22.7 Å². The zero-order valence-corrected chi connectivity index (χ0v) is 11.1. The van der Waals surface area contributed by atoms with Crippen LogP contribution in [-0.4, -0.2) is 22.0 Å². The smallest absolute Gasteiger partial charge is 0.309 e. The van der Waals surface area contributed by atoms with Crippen LogP contribution in [0.4, 0.5) is 5.13 Å². The molecule has 0 saturated heterocycles. The van der Waals surface area contributed by atoms with Gasteiger partial charge < -0.3 is 5.11 Å². The maximum atomic E-state index is 11.9. The number of nitrogens with one attached hydrogen (secondary N) is 1. The van der Waals surface area contributed by atoms with Crippen LogP contribution in [0, 0.1) is 6.92 Å². The van der Waals surface area contributed by atoms with Gasteiger partial charge in [-0.05, 0) is 23.9 Å². The van der Waals surface area contributed by atoms with E-state index in [1.807, 2.05) is 18.4 Å². The molecule has 0 aliphatic heterocycles. The van der Waals surface area contributed by atoms with Gasteiger partial charge in [-0.2, -0.15) is 0 Å². The second-order valence-corrected chi connectivity index (χ2v) is 5.38. The molecule has 0 saturated carbocycles. The highest BCUT2D eigenvalue weighted by atomic mass is 32.1. The fraction of sp³-hybridized carbons (Fsp3) is 0.182. The Bertz CT molecular complexity index is 589. The van der Waals surface area contributed by atoms with Crippen LogP contribution < -0.4 is 5.32 Å². The third-order valence-electron chi connectivity index (χ3n) is 2.17. The molecule has 5 nitrogen and oxygen atoms in total. The number of carboxylic acid groups (broad SMARTS) is 1. The SMILES string of the molecule is Cc1ccsc1C(=O)Nc1nc(CC(=O)O)cs1. The number of nitrogens with zero attached hydrogens (tertiary/aromatic N) is 1. The van der Waals surface area contributed by atoms with Crippen LogP contribution in [0.15, 0.2) is 16.8 Å². The van der Waals surface area contributed by atoms with Gasteiger partial charge in [-0.25, -0.2) is 4.98 Å². The van der Waals surface area contributed by atoms with Crippen molar-refractivity contribution < 1.29 is 14.7 Å². The predicted octanol–water partition coefficient (Wildman–Crippen LogP) is 2.39. The number of amides is 1. The lowest BCUT2D eigenvalue weighted by atomic mass is 10.3. The van der Waals surface area contributed by atoms with Gasteiger partial charge in [0.25, 0.3) is 5.91 Å². The quantitative estimate of drug-likeness (QED) is 0.902. The molecule has 2 aromatic heterocycles. The number of carbonyl (C=O) groups is 2. The molecule has 18 heavy (non-hydrogen) atoms. The first-order chi connectivity index (χ1) is 8.56. The van der Waals surface area contributed by atoms with E-state index in [1.54, 1.807) is 5.38 Å². The van der Waals surface area contributed by atoms with E-state index < -0.39 is 5.97 Å². The standard InChI is InChI=1S/C11H10N2O3S2/c1-6-2-3-17-9(6)10(16)13-11-12-7(5-18-11)4-8(14)15/h2-3,5H,4H2,1H3,(H,14,15)(H,12,13,16). The Hall–Kier alpha value is -1.73. The number of anilines is 1. The Labute approximate surface area is 111 Å². The highest BCUT2D eigenvalue weighted by molar-refractivity contribution is 7.14. The highest BCUT2D eigenvalue weighted by Crippen LogP contribution is 2.20. The fourth-order valence-corrected chi connectivity index (χ4v) is 2.89. The number of aliphatic carboxylic acids is 1. The second kappa shape index (κ2) is 5.28. The fourth-order valence-electron chi connectivity index (χ4n) is 1.36. The maximum absolute atomic E-state index is 11.9. The summed E-state index contributed by atoms with van der Waals surface area (Å²) in [4.78, 5) is 27.1. The maximum Gasteiger partial charge on any atom is 0.309 e. The lowest BCUT2D eigenvalue weighted by Gasteiger charge is -1.99. The Morgan fingerprint density at radius 2 is 2.22 bits per heavy atom. The number of thiazole rings is 1. The number of rotatable bonds is 4. The molecule has 0 aliphatic rings. The van der Waals surface area contributed by atoms with Crippen LogP contribution in [0.2, 0.25) is 0 Å². The summed E-state index contributed by atoms with van der Waals surface area (Å²) in [5.74, 6) is -1.15. The second-order valence-electron chi connectivity index (χ2n) is 3.60. The molecule has 0 spiro atoms. The summed E-state index contributed by atoms with van der Waals surface area (Å²) in [6, 6.07) is 1.87. The van der Waals surface area contributed by atoms with Gasteiger partial charge in [-0.3, -0.25) is 14.9 Å². The zero-order chi connectivity index (χ0) is 13.1. The van der Waals surface area contributed by atoms with Crippen molar-refractivity contribution in [2.75, 3.05) is 5.32 Å². The Balaban J connectivity index is 2.06. The van der Waals surface area contributed by atoms with Crippen LogP contribution in [0.1, 0.15) is 20.9 Å². The normalized spacial score (nSPS) is 10.3. The van der Waals surface area contributed by atoms with Crippen molar-refractivity contribution in [3.63, 3.8) is 0 Å². The van der Waals surface area contributed by atoms with Gasteiger partial charge in [-0.1, -0.05) is 0 Å². The molecule has 2 heterocycles. The van der Waals surface area contributed by atoms with Crippen LogP contribution in [0.3, 0.4) is 0 Å². The molecule has 7 heteroatoms. The molecule has 0 radical (unpaired) electrons. The summed E-state index contributed by atoms with van der Waals surface area (Å²) in [6.45, 7) is 1.86. The molecule has 0 unspecified atom stereocenters. The molecule has 2 rings (SSSR count). The minimum atomic E-state index is -0.938. The molecule has 2 aromatic rings. The number of thiophene rings is 1. The monoisotopic (exact) mass is 282 g/mol. The van der Waals surface area contributed by atoms with Gasteiger partial charge in [0.05, 0.1) is 17.0 Å². The van der Waals surface area contributed by atoms with Gasteiger partial charge in [0.15, 0.2) is 5.13 Å². The lowest BCUT2D eigenvalue weighted by molar-refractivity contribution is -0.136. The van der Waals surface area contributed by atoms with Crippen LogP contribution in [0.25, 0.3) is 0 Å². The summed E-state index contributed by atoms with van der Waals surface area (Å²) in [7, 11) is 0. The average molecular weight is 282 g/mol. The summed E-state index contributed by atoms with van der Waals surface area (Å²) >= 11 is 2.59. The molecule has 0 bridgehead atoms. The van der Waals surface area contributed by atoms with Crippen molar-refractivity contribution in [3.05, 3.63) is 33.0 Å². The van der Waals surface area contributed by atoms with Crippen molar-refractivity contribution in [2.45, 2.75) is 13.3 Å². The van der Waals surface area contributed by atoms with Crippen molar-refractivity contribution >= 4 is 39.7 Å². The summed E-state index contributed by atoms with van der Waals surface area (Å²) in [5.41, 5.74) is 1.37. The lowest BCUT2D eigenvalue weighted by Crippen LogP contribution is -2.11. The first-order valence-electron chi connectivity index (χ1n) is 5.08. The topological polar surface area (TPSA) is 79.3 Å². The van der Waals surface area contributed by atoms with Crippen molar-refractivity contribution in [3.8, 4) is 0 Å². The van der Waals surface area contributed by atoms with Gasteiger partial charge in [0.1, 0.15) is 0 Å². The summed E-state index contributed by atoms with van der Waals surface area (Å²) < 4.78 is 0. The van der Waals surface area contributed by atoms with Crippen molar-refractivity contribution in [1.82, 2.24) is 4.98 Å². The third-order valence-corrected chi connectivity index (χ3v) is 3.99. The number of carbonyl (C=O) groups excluding carboxylic acids is 1. The number of aryl methyl sites for hydroxylation is 1. The predicted molar refractivity (Wildman–Crippen MR) is 70.5 cm³/mol. The molecule has 0 fully saturated rings. The number of carboxylic acids is 1. The minimum absolute atomic E-state index is 0.135. The van der Waals surface area contributed by atoms with Crippen molar-refractivity contribution in [2.24, 2.45) is 0 Å². The summed E-state index contributed by atoms with van der Waals surface area (Å²) in [5, 5.41) is 15.2. The first-order valence-corrected chi connectivity index (χ1v) is 6.84. The van der Waals surface area contributed by atoms with E-state index >= 15 is 0 Å². The first kappa shape index (κ1) is 12.7. The Morgan fingerprint density at radius 3 is 2.83 bits per heavy atom. The average Bonchev–Trinajstić information content (AvgIpc) is 2.87. The van der Waals surface area contributed by atoms with E-state index in [-0.39, 0.29) is 12.3 Å². The van der Waals surface area contributed by atoms with E-state index in [9.17, 15) is 9.59 Å². The van der Waals surface area contributed by atoms with Gasteiger partial charge in [0, 0.05) is 5.38 Å². The molecule has 0 aliphatic carbocycles. The summed E-state index contributed by atoms with van der Waals surface area (Å²) in [6.07, 6.45) is -0.135. The number of hydrogen-bond acceptors (Lipinski definition) is 5. The Morgan fingerprint density at radius 1 is 1.44 bits per heavy atom. The third kappa shape index (κ3) is 2.93. The van der Waals surface area contributed by atoms with E-state index in [0.717, 1.165) is 5.56 Å². The Kier molecular flexibility index (Phi) is 3.73. The molecule has 1 amide bonds. The molecule has 0 aromatic carbocycles. The number of aromatic nitrogens is 1. The molecular weight excluding hydrogens is 272 g/mol. The number of hydrogen-bond donors (Lipinski definition) is 2.